The zero-order chi connectivity index (χ0) is 24.7. The lowest BCUT2D eigenvalue weighted by molar-refractivity contribution is -0.136. The van der Waals surface area contributed by atoms with E-state index in [-0.39, 0.29) is 23.5 Å². The Hall–Kier alpha value is -4.24. The van der Waals surface area contributed by atoms with Gasteiger partial charge in [0.05, 0.1) is 30.7 Å². The van der Waals surface area contributed by atoms with E-state index >= 15 is 0 Å². The number of aromatic nitrogens is 1. The van der Waals surface area contributed by atoms with Crippen LogP contribution in [-0.4, -0.2) is 59.1 Å². The Balaban J connectivity index is 1.70. The summed E-state index contributed by atoms with van der Waals surface area (Å²) >= 11 is 0. The van der Waals surface area contributed by atoms with Crippen LogP contribution in [0.3, 0.4) is 0 Å². The van der Waals surface area contributed by atoms with Gasteiger partial charge in [-0.15, -0.1) is 0 Å². The number of carboxylic acids is 1. The van der Waals surface area contributed by atoms with Crippen LogP contribution in [0.15, 0.2) is 48.5 Å². The molecule has 1 fully saturated rings. The number of nitrogens with one attached hydrogen (secondary N) is 1. The van der Waals surface area contributed by atoms with Crippen LogP contribution >= 0.6 is 0 Å². The third kappa shape index (κ3) is 4.10. The van der Waals surface area contributed by atoms with Crippen molar-refractivity contribution in [1.29, 1.82) is 0 Å². The van der Waals surface area contributed by atoms with Crippen molar-refractivity contribution in [3.8, 4) is 11.1 Å². The second kappa shape index (κ2) is 8.84. The number of aromatic amines is 1. The molecule has 4 N–H and O–H groups in total. The number of halogens is 1. The molecule has 0 saturated carbocycles. The minimum absolute atomic E-state index is 0.128. The summed E-state index contributed by atoms with van der Waals surface area (Å²) in [5, 5.41) is 10.4. The van der Waals surface area contributed by atoms with Gasteiger partial charge in [0.15, 0.2) is 0 Å². The van der Waals surface area contributed by atoms with Crippen molar-refractivity contribution in [2.45, 2.75) is 6.42 Å². The number of nitrogens with zero attached hydrogens (tertiary/aromatic N) is 1. The molecule has 1 aliphatic heterocycles. The maximum Gasteiger partial charge on any atom is 0.307 e. The lowest BCUT2D eigenvalue weighted by Gasteiger charge is -2.26. The molecule has 0 atom stereocenters. The number of hydrogen-bond acceptors (Lipinski definition) is 4. The van der Waals surface area contributed by atoms with Crippen molar-refractivity contribution in [2.75, 3.05) is 26.3 Å². The lowest BCUT2D eigenvalue weighted by atomic mass is 9.94. The topological polar surface area (TPSA) is 126 Å². The Morgan fingerprint density at radius 3 is 2.51 bits per heavy atom. The Morgan fingerprint density at radius 1 is 1.03 bits per heavy atom. The van der Waals surface area contributed by atoms with Gasteiger partial charge in [0.1, 0.15) is 5.82 Å². The fraction of sp³-hybridized carbons (Fsp3) is 0.192. The molecule has 0 aliphatic carbocycles. The molecule has 1 aliphatic rings. The number of carbonyl (C=O) groups excluding carboxylic acids is 2. The number of carbonyl (C=O) groups is 3. The number of morpholine rings is 1. The second-order valence-corrected chi connectivity index (χ2v) is 8.45. The quantitative estimate of drug-likeness (QED) is 0.408. The lowest BCUT2D eigenvalue weighted by Crippen LogP contribution is -2.40. The van der Waals surface area contributed by atoms with Gasteiger partial charge in [0.2, 0.25) is 0 Å². The highest BCUT2D eigenvalue weighted by atomic mass is 19.1. The first-order valence-electron chi connectivity index (χ1n) is 11.1. The smallest absolute Gasteiger partial charge is 0.307 e. The summed E-state index contributed by atoms with van der Waals surface area (Å²) in [6.45, 7) is 1.98. The van der Waals surface area contributed by atoms with Crippen molar-refractivity contribution < 1.29 is 28.6 Å². The molecular formula is C26H22FN3O5. The number of aliphatic carboxylic acids is 1. The van der Waals surface area contributed by atoms with Gasteiger partial charge in [-0.2, -0.15) is 0 Å². The molecule has 0 unspecified atom stereocenters. The Morgan fingerprint density at radius 2 is 1.80 bits per heavy atom. The van der Waals surface area contributed by atoms with E-state index in [1.165, 1.54) is 24.3 Å². The third-order valence-corrected chi connectivity index (χ3v) is 6.24. The van der Waals surface area contributed by atoms with Crippen molar-refractivity contribution in [1.82, 2.24) is 9.88 Å². The average molecular weight is 475 g/mol. The van der Waals surface area contributed by atoms with E-state index in [1.54, 1.807) is 29.2 Å². The first-order valence-corrected chi connectivity index (χ1v) is 11.1. The third-order valence-electron chi connectivity index (χ3n) is 6.24. The van der Waals surface area contributed by atoms with Crippen LogP contribution in [0.5, 0.6) is 0 Å². The number of rotatable bonds is 5. The molecule has 1 saturated heterocycles. The number of primary amides is 1. The van der Waals surface area contributed by atoms with Gasteiger partial charge >= 0.3 is 5.97 Å². The van der Waals surface area contributed by atoms with E-state index in [2.05, 4.69) is 4.98 Å². The molecule has 1 aromatic heterocycles. The van der Waals surface area contributed by atoms with Crippen molar-refractivity contribution in [3.05, 3.63) is 71.0 Å². The molecule has 9 heteroatoms. The summed E-state index contributed by atoms with van der Waals surface area (Å²) in [5.41, 5.74) is 8.45. The predicted octanol–water partition coefficient (Wildman–Crippen LogP) is 3.33. The molecular weight excluding hydrogens is 453 g/mol. The van der Waals surface area contributed by atoms with Gasteiger partial charge in [0, 0.05) is 40.5 Å². The van der Waals surface area contributed by atoms with Crippen LogP contribution in [0.25, 0.3) is 32.9 Å². The number of hydrogen-bond donors (Lipinski definition) is 3. The van der Waals surface area contributed by atoms with Crippen LogP contribution in [0, 0.1) is 5.82 Å². The Bertz CT molecular complexity index is 1500. The second-order valence-electron chi connectivity index (χ2n) is 8.45. The van der Waals surface area contributed by atoms with E-state index in [4.69, 9.17) is 15.6 Å². The zero-order valence-corrected chi connectivity index (χ0v) is 18.6. The predicted molar refractivity (Wildman–Crippen MR) is 128 cm³/mol. The van der Waals surface area contributed by atoms with E-state index in [0.717, 1.165) is 0 Å². The molecule has 178 valence electrons. The van der Waals surface area contributed by atoms with Crippen LogP contribution in [-0.2, 0) is 16.0 Å². The van der Waals surface area contributed by atoms with Gasteiger partial charge in [-0.3, -0.25) is 14.4 Å². The maximum absolute atomic E-state index is 15.0. The molecule has 0 radical (unpaired) electrons. The summed E-state index contributed by atoms with van der Waals surface area (Å²) in [6.07, 6.45) is -0.253. The largest absolute Gasteiger partial charge is 0.481 e. The van der Waals surface area contributed by atoms with Crippen molar-refractivity contribution in [3.63, 3.8) is 0 Å². The highest BCUT2D eigenvalue weighted by Gasteiger charge is 2.22. The summed E-state index contributed by atoms with van der Waals surface area (Å²) < 4.78 is 20.3. The molecule has 5 rings (SSSR count). The number of H-pyrrole nitrogens is 1. The number of benzene rings is 3. The SMILES string of the molecule is NC(=O)c1ccc(-c2cc(CC(=O)O)ccc2F)c2c1[nH]c1cc(C(=O)N3CCOCC3)ccc12. The standard InChI is InChI=1S/C26H22FN3O5/c27-20-6-1-14(12-22(31)32)11-19(20)16-4-5-18(25(28)33)24-23(16)17-3-2-15(13-21(17)29-24)26(34)30-7-9-35-10-8-30/h1-6,11,13,29H,7-10,12H2,(H2,28,33)(H,31,32). The van der Waals surface area contributed by atoms with Crippen LogP contribution in [0.4, 0.5) is 4.39 Å². The van der Waals surface area contributed by atoms with Crippen LogP contribution < -0.4 is 5.73 Å². The first-order chi connectivity index (χ1) is 16.8. The highest BCUT2D eigenvalue weighted by molar-refractivity contribution is 6.20. The number of carboxylic acid groups (broad SMARTS) is 1. The van der Waals surface area contributed by atoms with E-state index in [9.17, 15) is 18.8 Å². The van der Waals surface area contributed by atoms with E-state index < -0.39 is 17.7 Å². The molecule has 8 nitrogen and oxygen atoms in total. The van der Waals surface area contributed by atoms with E-state index in [1.807, 2.05) is 0 Å². The highest BCUT2D eigenvalue weighted by Crippen LogP contribution is 2.38. The summed E-state index contributed by atoms with van der Waals surface area (Å²) in [5.74, 6) is -2.34. The van der Waals surface area contributed by atoms with Gasteiger partial charge in [-0.25, -0.2) is 4.39 Å². The summed E-state index contributed by atoms with van der Waals surface area (Å²) in [4.78, 5) is 41.2. The van der Waals surface area contributed by atoms with Crippen LogP contribution in [0.2, 0.25) is 0 Å². The molecule has 35 heavy (non-hydrogen) atoms. The van der Waals surface area contributed by atoms with Crippen molar-refractivity contribution in [2.24, 2.45) is 5.73 Å². The summed E-state index contributed by atoms with van der Waals surface area (Å²) in [6, 6.07) is 12.4. The summed E-state index contributed by atoms with van der Waals surface area (Å²) in [7, 11) is 0. The normalized spacial score (nSPS) is 13.9. The van der Waals surface area contributed by atoms with Gasteiger partial charge < -0.3 is 25.5 Å². The van der Waals surface area contributed by atoms with Crippen molar-refractivity contribution >= 4 is 39.6 Å². The first kappa shape index (κ1) is 22.5. The molecule has 2 amide bonds. The fourth-order valence-corrected chi connectivity index (χ4v) is 4.59. The van der Waals surface area contributed by atoms with E-state index in [0.29, 0.717) is 64.8 Å². The van der Waals surface area contributed by atoms with Gasteiger partial charge in [-0.1, -0.05) is 18.2 Å². The number of fused-ring (bicyclic) bond motifs is 3. The van der Waals surface area contributed by atoms with Crippen LogP contribution in [0.1, 0.15) is 26.3 Å². The molecule has 3 aromatic carbocycles. The van der Waals surface area contributed by atoms with Gasteiger partial charge in [0.25, 0.3) is 11.8 Å². The monoisotopic (exact) mass is 475 g/mol. The number of amides is 2. The number of ether oxygens (including phenoxy) is 1. The fourth-order valence-electron chi connectivity index (χ4n) is 4.59. The number of nitrogens with two attached hydrogens (primary N) is 1. The van der Waals surface area contributed by atoms with Gasteiger partial charge in [-0.05, 0) is 41.5 Å². The Kier molecular flexibility index (Phi) is 5.70. The minimum atomic E-state index is -1.03. The minimum Gasteiger partial charge on any atom is -0.481 e. The molecule has 4 aromatic rings. The Labute approximate surface area is 199 Å². The zero-order valence-electron chi connectivity index (χ0n) is 18.6. The molecule has 0 bridgehead atoms. The maximum atomic E-state index is 15.0. The molecule has 0 spiro atoms. The molecule has 2 heterocycles. The average Bonchev–Trinajstić information content (AvgIpc) is 3.23.